The molecule has 14 heavy (non-hydrogen) atoms. The Morgan fingerprint density at radius 2 is 2.21 bits per heavy atom. The van der Waals surface area contributed by atoms with E-state index in [1.54, 1.807) is 6.92 Å². The Morgan fingerprint density at radius 3 is 2.64 bits per heavy atom. The maximum absolute atomic E-state index is 11.3. The summed E-state index contributed by atoms with van der Waals surface area (Å²) in [5, 5.41) is 10.4. The van der Waals surface area contributed by atoms with Crippen molar-refractivity contribution in [2.24, 2.45) is 0 Å². The van der Waals surface area contributed by atoms with Gasteiger partial charge in [0.15, 0.2) is 5.78 Å². The fourth-order valence-corrected chi connectivity index (χ4v) is 1.39. The van der Waals surface area contributed by atoms with Gasteiger partial charge < -0.3 is 0 Å². The summed E-state index contributed by atoms with van der Waals surface area (Å²) in [5.41, 5.74) is 0.379. The van der Waals surface area contributed by atoms with Crippen molar-refractivity contribution in [2.75, 3.05) is 0 Å². The van der Waals surface area contributed by atoms with E-state index < -0.39 is 4.92 Å². The largest absolute Gasteiger partial charge is 0.294 e. The Hall–Kier alpha value is -1.36. The number of carbonyl (C=O) groups is 1. The maximum atomic E-state index is 11.3. The molecule has 0 fully saturated rings. The first-order valence-corrected chi connectivity index (χ1v) is 4.51. The SMILES string of the molecule is CCC(=O)c1ccc([N+](=O)[O-])cc1S. The molecule has 0 aromatic heterocycles. The van der Waals surface area contributed by atoms with Crippen molar-refractivity contribution in [3.8, 4) is 0 Å². The third kappa shape index (κ3) is 2.11. The smallest absolute Gasteiger partial charge is 0.270 e. The van der Waals surface area contributed by atoms with Crippen LogP contribution in [0, 0.1) is 10.1 Å². The summed E-state index contributed by atoms with van der Waals surface area (Å²) < 4.78 is 0. The Morgan fingerprint density at radius 1 is 1.57 bits per heavy atom. The van der Waals surface area contributed by atoms with Gasteiger partial charge >= 0.3 is 0 Å². The van der Waals surface area contributed by atoms with Crippen molar-refractivity contribution in [2.45, 2.75) is 18.2 Å². The lowest BCUT2D eigenvalue weighted by atomic mass is 10.1. The average Bonchev–Trinajstić information content (AvgIpc) is 2.16. The van der Waals surface area contributed by atoms with Crippen LogP contribution in [0.25, 0.3) is 0 Å². The molecule has 0 atom stereocenters. The number of nitro benzene ring substituents is 1. The molecule has 0 heterocycles. The lowest BCUT2D eigenvalue weighted by Crippen LogP contribution is -1.99. The molecule has 0 spiro atoms. The zero-order chi connectivity index (χ0) is 10.7. The van der Waals surface area contributed by atoms with Gasteiger partial charge in [0.05, 0.1) is 4.92 Å². The van der Waals surface area contributed by atoms with Gasteiger partial charge in [-0.2, -0.15) is 0 Å². The summed E-state index contributed by atoms with van der Waals surface area (Å²) in [6, 6.07) is 4.03. The minimum absolute atomic E-state index is 0.0531. The number of Topliss-reactive ketones (excluding diaryl/α,β-unsaturated/α-hetero) is 1. The van der Waals surface area contributed by atoms with E-state index in [-0.39, 0.29) is 11.5 Å². The minimum Gasteiger partial charge on any atom is -0.294 e. The summed E-state index contributed by atoms with van der Waals surface area (Å²) in [4.78, 5) is 21.5. The normalized spacial score (nSPS) is 9.86. The van der Waals surface area contributed by atoms with E-state index in [2.05, 4.69) is 12.6 Å². The molecule has 0 saturated carbocycles. The molecule has 0 aliphatic rings. The fourth-order valence-electron chi connectivity index (χ4n) is 1.06. The van der Waals surface area contributed by atoms with Crippen LogP contribution >= 0.6 is 12.6 Å². The molecule has 0 amide bonds. The molecule has 5 heteroatoms. The number of rotatable bonds is 3. The molecule has 0 radical (unpaired) electrons. The fraction of sp³-hybridized carbons (Fsp3) is 0.222. The lowest BCUT2D eigenvalue weighted by molar-refractivity contribution is -0.385. The number of ketones is 1. The van der Waals surface area contributed by atoms with Crippen LogP contribution in [-0.2, 0) is 0 Å². The third-order valence-electron chi connectivity index (χ3n) is 1.81. The highest BCUT2D eigenvalue weighted by atomic mass is 32.1. The highest BCUT2D eigenvalue weighted by Crippen LogP contribution is 2.21. The molecule has 4 nitrogen and oxygen atoms in total. The number of benzene rings is 1. The number of hydrogen-bond donors (Lipinski definition) is 1. The number of non-ortho nitro benzene ring substituents is 1. The molecule has 0 saturated heterocycles. The van der Waals surface area contributed by atoms with Crippen LogP contribution in [0.1, 0.15) is 23.7 Å². The molecule has 1 aromatic carbocycles. The number of nitrogens with zero attached hydrogens (tertiary/aromatic N) is 1. The van der Waals surface area contributed by atoms with Crippen LogP contribution in [0.3, 0.4) is 0 Å². The van der Waals surface area contributed by atoms with Gasteiger partial charge in [-0.1, -0.05) is 6.92 Å². The van der Waals surface area contributed by atoms with Crippen molar-refractivity contribution in [1.82, 2.24) is 0 Å². The molecule has 1 aromatic rings. The average molecular weight is 211 g/mol. The second-order valence-electron chi connectivity index (χ2n) is 2.74. The monoisotopic (exact) mass is 211 g/mol. The van der Waals surface area contributed by atoms with Gasteiger partial charge in [0.1, 0.15) is 0 Å². The van der Waals surface area contributed by atoms with E-state index in [4.69, 9.17) is 0 Å². The van der Waals surface area contributed by atoms with Crippen LogP contribution in [0.2, 0.25) is 0 Å². The number of carbonyl (C=O) groups excluding carboxylic acids is 1. The summed E-state index contributed by atoms with van der Waals surface area (Å²) >= 11 is 4.03. The van der Waals surface area contributed by atoms with Crippen LogP contribution in [-0.4, -0.2) is 10.7 Å². The quantitative estimate of drug-likeness (QED) is 0.361. The molecule has 1 rings (SSSR count). The predicted molar refractivity (Wildman–Crippen MR) is 55.0 cm³/mol. The first-order chi connectivity index (χ1) is 6.56. The highest BCUT2D eigenvalue weighted by molar-refractivity contribution is 7.80. The zero-order valence-electron chi connectivity index (χ0n) is 7.56. The Kier molecular flexibility index (Phi) is 3.24. The molecular formula is C9H9NO3S. The minimum atomic E-state index is -0.514. The van der Waals surface area contributed by atoms with Crippen molar-refractivity contribution in [3.63, 3.8) is 0 Å². The topological polar surface area (TPSA) is 60.2 Å². The van der Waals surface area contributed by atoms with Crippen LogP contribution in [0.5, 0.6) is 0 Å². The summed E-state index contributed by atoms with van der Waals surface area (Å²) in [5.74, 6) is -0.0649. The molecule has 0 unspecified atom stereocenters. The van der Waals surface area contributed by atoms with E-state index in [0.29, 0.717) is 16.9 Å². The predicted octanol–water partition coefficient (Wildman–Crippen LogP) is 2.48. The summed E-state index contributed by atoms with van der Waals surface area (Å²) in [6.45, 7) is 1.73. The Balaban J connectivity index is 3.14. The second kappa shape index (κ2) is 4.23. The van der Waals surface area contributed by atoms with E-state index in [9.17, 15) is 14.9 Å². The maximum Gasteiger partial charge on any atom is 0.270 e. The molecule has 0 bridgehead atoms. The van der Waals surface area contributed by atoms with Gasteiger partial charge in [0.2, 0.25) is 0 Å². The van der Waals surface area contributed by atoms with Crippen molar-refractivity contribution >= 4 is 24.1 Å². The molecule has 0 N–H and O–H groups in total. The van der Waals surface area contributed by atoms with Gasteiger partial charge in [0.25, 0.3) is 5.69 Å². The van der Waals surface area contributed by atoms with Gasteiger partial charge in [-0.25, -0.2) is 0 Å². The number of hydrogen-bond acceptors (Lipinski definition) is 4. The zero-order valence-corrected chi connectivity index (χ0v) is 8.45. The van der Waals surface area contributed by atoms with Crippen LogP contribution in [0.4, 0.5) is 5.69 Å². The third-order valence-corrected chi connectivity index (χ3v) is 2.18. The summed E-state index contributed by atoms with van der Waals surface area (Å²) in [7, 11) is 0. The molecule has 0 aliphatic heterocycles. The first-order valence-electron chi connectivity index (χ1n) is 4.07. The van der Waals surface area contributed by atoms with Crippen molar-refractivity contribution in [1.29, 1.82) is 0 Å². The van der Waals surface area contributed by atoms with E-state index in [1.807, 2.05) is 0 Å². The Bertz CT molecular complexity index is 390. The van der Waals surface area contributed by atoms with E-state index >= 15 is 0 Å². The van der Waals surface area contributed by atoms with Gasteiger partial charge in [-0.3, -0.25) is 14.9 Å². The van der Waals surface area contributed by atoms with Crippen molar-refractivity contribution in [3.05, 3.63) is 33.9 Å². The molecule has 0 aliphatic carbocycles. The van der Waals surface area contributed by atoms with E-state index in [1.165, 1.54) is 18.2 Å². The number of thiol groups is 1. The lowest BCUT2D eigenvalue weighted by Gasteiger charge is -2.01. The van der Waals surface area contributed by atoms with Crippen LogP contribution < -0.4 is 0 Å². The second-order valence-corrected chi connectivity index (χ2v) is 3.22. The van der Waals surface area contributed by atoms with Crippen LogP contribution in [0.15, 0.2) is 23.1 Å². The van der Waals surface area contributed by atoms with Gasteiger partial charge in [0, 0.05) is 29.0 Å². The molecular weight excluding hydrogens is 202 g/mol. The highest BCUT2D eigenvalue weighted by Gasteiger charge is 2.12. The Labute approximate surface area is 86.5 Å². The molecule has 74 valence electrons. The van der Waals surface area contributed by atoms with Gasteiger partial charge in [-0.05, 0) is 6.07 Å². The number of nitro groups is 1. The summed E-state index contributed by atoms with van der Waals surface area (Å²) in [6.07, 6.45) is 0.366. The standard InChI is InChI=1S/C9H9NO3S/c1-2-8(11)7-4-3-6(10(12)13)5-9(7)14/h3-5,14H,2H2,1H3. The van der Waals surface area contributed by atoms with E-state index in [0.717, 1.165) is 0 Å². The first kappa shape index (κ1) is 10.7. The van der Waals surface area contributed by atoms with Gasteiger partial charge in [-0.15, -0.1) is 12.6 Å². The van der Waals surface area contributed by atoms with Crippen molar-refractivity contribution < 1.29 is 9.72 Å².